The first-order valence-electron chi connectivity index (χ1n) is 11.4. The molecule has 0 atom stereocenters. The molecule has 0 aliphatic rings. The number of carbonyl (C=O) groups excluding carboxylic acids is 3. The van der Waals surface area contributed by atoms with E-state index in [4.69, 9.17) is 0 Å². The predicted octanol–water partition coefficient (Wildman–Crippen LogP) is 5.85. The molecular formula is C26H23N5O3S4. The normalized spacial score (nSPS) is 11.1. The Balaban J connectivity index is 1.38. The van der Waals surface area contributed by atoms with Gasteiger partial charge >= 0.3 is 0 Å². The van der Waals surface area contributed by atoms with Crippen LogP contribution in [0.3, 0.4) is 0 Å². The zero-order valence-electron chi connectivity index (χ0n) is 20.2. The van der Waals surface area contributed by atoms with Crippen LogP contribution in [-0.4, -0.2) is 38.6 Å². The third-order valence-electron chi connectivity index (χ3n) is 4.75. The van der Waals surface area contributed by atoms with Gasteiger partial charge in [-0.05, 0) is 53.6 Å². The number of aromatic nitrogens is 2. The van der Waals surface area contributed by atoms with E-state index in [-0.39, 0.29) is 23.3 Å². The summed E-state index contributed by atoms with van der Waals surface area (Å²) >= 11 is 5.45. The summed E-state index contributed by atoms with van der Waals surface area (Å²) in [6.07, 6.45) is 1.64. The standard InChI is InChI=1S/C26H23N5O3S4/c1-2-35-26-30-25(38-31-26)29-22(32)16-37-19-11-6-10-18(14-19)27-24(34)21(15-20-12-7-13-36-20)28-23(33)17-8-4-3-5-9-17/h3-15H,2,16H2,1H3,(H,27,34)(H,28,33)(H,29,30,31,32)/b21-15-. The Bertz CT molecular complexity index is 1420. The highest BCUT2D eigenvalue weighted by molar-refractivity contribution is 8.00. The Morgan fingerprint density at radius 2 is 1.82 bits per heavy atom. The topological polar surface area (TPSA) is 113 Å². The second-order valence-corrected chi connectivity index (χ2v) is 11.5. The van der Waals surface area contributed by atoms with Crippen LogP contribution < -0.4 is 16.0 Å². The van der Waals surface area contributed by atoms with Crippen LogP contribution >= 0.6 is 46.4 Å². The number of hydrogen-bond donors (Lipinski definition) is 3. The highest BCUT2D eigenvalue weighted by Gasteiger charge is 2.16. The van der Waals surface area contributed by atoms with Crippen LogP contribution in [0.2, 0.25) is 0 Å². The number of rotatable bonds is 11. The number of anilines is 2. The maximum Gasteiger partial charge on any atom is 0.272 e. The smallest absolute Gasteiger partial charge is 0.272 e. The molecule has 4 rings (SSSR count). The first-order chi connectivity index (χ1) is 18.5. The van der Waals surface area contributed by atoms with E-state index in [1.54, 1.807) is 48.5 Å². The van der Waals surface area contributed by atoms with E-state index < -0.39 is 5.91 Å². The van der Waals surface area contributed by atoms with E-state index in [2.05, 4.69) is 25.3 Å². The Morgan fingerprint density at radius 1 is 0.974 bits per heavy atom. The fourth-order valence-electron chi connectivity index (χ4n) is 3.07. The molecule has 8 nitrogen and oxygen atoms in total. The molecule has 38 heavy (non-hydrogen) atoms. The maximum atomic E-state index is 13.2. The molecule has 194 valence electrons. The molecule has 2 aromatic heterocycles. The summed E-state index contributed by atoms with van der Waals surface area (Å²) in [5, 5.41) is 11.3. The summed E-state index contributed by atoms with van der Waals surface area (Å²) in [6, 6.07) is 19.6. The number of nitrogens with zero attached hydrogens (tertiary/aromatic N) is 2. The van der Waals surface area contributed by atoms with Crippen molar-refractivity contribution in [3.63, 3.8) is 0 Å². The van der Waals surface area contributed by atoms with Gasteiger partial charge in [-0.3, -0.25) is 19.7 Å². The van der Waals surface area contributed by atoms with Crippen molar-refractivity contribution in [2.75, 3.05) is 22.1 Å². The zero-order chi connectivity index (χ0) is 26.7. The van der Waals surface area contributed by atoms with E-state index >= 15 is 0 Å². The van der Waals surface area contributed by atoms with Gasteiger partial charge in [0.1, 0.15) is 5.70 Å². The van der Waals surface area contributed by atoms with Crippen molar-refractivity contribution in [2.24, 2.45) is 0 Å². The van der Waals surface area contributed by atoms with Crippen LogP contribution in [-0.2, 0) is 9.59 Å². The molecule has 2 heterocycles. The van der Waals surface area contributed by atoms with Crippen LogP contribution in [0.15, 0.2) is 87.9 Å². The van der Waals surface area contributed by atoms with Gasteiger partial charge in [0.2, 0.25) is 16.2 Å². The lowest BCUT2D eigenvalue weighted by Crippen LogP contribution is -2.30. The Labute approximate surface area is 236 Å². The highest BCUT2D eigenvalue weighted by Crippen LogP contribution is 2.24. The number of benzene rings is 2. The summed E-state index contributed by atoms with van der Waals surface area (Å²) in [6.45, 7) is 2.01. The number of nitrogens with one attached hydrogen (secondary N) is 3. The molecule has 3 amide bonds. The fraction of sp³-hybridized carbons (Fsp3) is 0.115. The molecule has 0 aliphatic heterocycles. The third kappa shape index (κ3) is 8.28. The van der Waals surface area contributed by atoms with Crippen molar-refractivity contribution >= 4 is 81.0 Å². The molecule has 3 N–H and O–H groups in total. The first-order valence-corrected chi connectivity index (χ1v) is 15.0. The Kier molecular flexibility index (Phi) is 10.1. The SMILES string of the molecule is CCSc1nsc(NC(=O)CSc2cccc(NC(=O)/C(=C/c3cccs3)NC(=O)c3ccccc3)c2)n1. The zero-order valence-corrected chi connectivity index (χ0v) is 23.4. The van der Waals surface area contributed by atoms with Crippen molar-refractivity contribution < 1.29 is 14.4 Å². The average molecular weight is 582 g/mol. The number of thiophene rings is 1. The van der Waals surface area contributed by atoms with Gasteiger partial charge in [-0.25, -0.2) is 0 Å². The number of carbonyl (C=O) groups is 3. The minimum atomic E-state index is -0.459. The van der Waals surface area contributed by atoms with E-state index in [1.165, 1.54) is 34.9 Å². The van der Waals surface area contributed by atoms with Gasteiger partial charge in [-0.1, -0.05) is 49.0 Å². The van der Waals surface area contributed by atoms with Crippen molar-refractivity contribution in [3.05, 3.63) is 88.2 Å². The lowest BCUT2D eigenvalue weighted by Gasteiger charge is -2.12. The van der Waals surface area contributed by atoms with Gasteiger partial charge in [0, 0.05) is 32.6 Å². The minimum absolute atomic E-state index is 0.122. The van der Waals surface area contributed by atoms with Crippen LogP contribution in [0.4, 0.5) is 10.8 Å². The third-order valence-corrected chi connectivity index (χ3v) is 8.04. The summed E-state index contributed by atoms with van der Waals surface area (Å²) in [5.74, 6) is -0.00527. The maximum absolute atomic E-state index is 13.2. The van der Waals surface area contributed by atoms with Crippen molar-refractivity contribution in [3.8, 4) is 0 Å². The van der Waals surface area contributed by atoms with Crippen LogP contribution in [0.5, 0.6) is 0 Å². The molecule has 0 radical (unpaired) electrons. The van der Waals surface area contributed by atoms with Gasteiger partial charge < -0.3 is 10.6 Å². The van der Waals surface area contributed by atoms with Gasteiger partial charge in [0.15, 0.2) is 0 Å². The van der Waals surface area contributed by atoms with Crippen molar-refractivity contribution in [1.82, 2.24) is 14.7 Å². The van der Waals surface area contributed by atoms with E-state index in [1.807, 2.05) is 36.6 Å². The molecule has 0 aliphatic carbocycles. The van der Waals surface area contributed by atoms with Crippen LogP contribution in [0.1, 0.15) is 22.2 Å². The Hall–Kier alpha value is -3.45. The average Bonchev–Trinajstić information content (AvgIpc) is 3.60. The van der Waals surface area contributed by atoms with Gasteiger partial charge in [0.25, 0.3) is 11.8 Å². The van der Waals surface area contributed by atoms with Gasteiger partial charge in [0.05, 0.1) is 5.75 Å². The first kappa shape index (κ1) is 27.6. The second-order valence-electron chi connectivity index (χ2n) is 7.53. The van der Waals surface area contributed by atoms with Crippen LogP contribution in [0, 0.1) is 0 Å². The van der Waals surface area contributed by atoms with Crippen molar-refractivity contribution in [2.45, 2.75) is 17.0 Å². The summed E-state index contributed by atoms with van der Waals surface area (Å²) in [4.78, 5) is 44.2. The molecule has 0 bridgehead atoms. The van der Waals surface area contributed by atoms with E-state index in [9.17, 15) is 14.4 Å². The monoisotopic (exact) mass is 581 g/mol. The molecular weight excluding hydrogens is 559 g/mol. The van der Waals surface area contributed by atoms with Gasteiger partial charge in [-0.15, -0.1) is 23.1 Å². The quantitative estimate of drug-likeness (QED) is 0.150. The predicted molar refractivity (Wildman–Crippen MR) is 157 cm³/mol. The summed E-state index contributed by atoms with van der Waals surface area (Å²) < 4.78 is 4.19. The lowest BCUT2D eigenvalue weighted by molar-refractivity contribution is -0.114. The minimum Gasteiger partial charge on any atom is -0.321 e. The molecule has 0 fully saturated rings. The number of hydrogen-bond acceptors (Lipinski definition) is 9. The molecule has 2 aromatic carbocycles. The van der Waals surface area contributed by atoms with Crippen LogP contribution in [0.25, 0.3) is 6.08 Å². The number of thioether (sulfide) groups is 2. The lowest BCUT2D eigenvalue weighted by atomic mass is 10.2. The second kappa shape index (κ2) is 13.9. The molecule has 12 heteroatoms. The molecule has 0 unspecified atom stereocenters. The molecule has 0 saturated carbocycles. The Morgan fingerprint density at radius 3 is 2.58 bits per heavy atom. The molecule has 0 spiro atoms. The summed E-state index contributed by atoms with van der Waals surface area (Å²) in [5.41, 5.74) is 1.11. The van der Waals surface area contributed by atoms with E-state index in [0.717, 1.165) is 27.1 Å². The van der Waals surface area contributed by atoms with E-state index in [0.29, 0.717) is 21.5 Å². The molecule has 4 aromatic rings. The molecule has 0 saturated heterocycles. The highest BCUT2D eigenvalue weighted by atomic mass is 32.2. The fourth-order valence-corrected chi connectivity index (χ4v) is 5.77. The largest absolute Gasteiger partial charge is 0.321 e. The van der Waals surface area contributed by atoms with Gasteiger partial charge in [-0.2, -0.15) is 9.36 Å². The van der Waals surface area contributed by atoms with Crippen molar-refractivity contribution in [1.29, 1.82) is 0 Å². The number of amides is 3. The summed E-state index contributed by atoms with van der Waals surface area (Å²) in [7, 11) is 0.